The molecule has 26 heavy (non-hydrogen) atoms. The van der Waals surface area contributed by atoms with Crippen molar-refractivity contribution >= 4 is 63.3 Å². The van der Waals surface area contributed by atoms with E-state index in [-0.39, 0.29) is 16.6 Å². The molecule has 2 aromatic carbocycles. The molecule has 1 saturated heterocycles. The van der Waals surface area contributed by atoms with E-state index in [4.69, 9.17) is 23.8 Å². The van der Waals surface area contributed by atoms with Gasteiger partial charge in [-0.15, -0.1) is 0 Å². The summed E-state index contributed by atoms with van der Waals surface area (Å²) in [5.41, 5.74) is 3.21. The standard InChI is InChI=1S/C18H13ClN2O3S2/c1-10-3-5-13(7-11(10)2)20-17(22)16(26-18(20)25)9-12-4-6-14(19)15(8-12)21(23)24/h3-9H,1-2H3/b16-9+. The highest BCUT2D eigenvalue weighted by Crippen LogP contribution is 2.37. The van der Waals surface area contributed by atoms with Crippen LogP contribution in [0.5, 0.6) is 0 Å². The maximum Gasteiger partial charge on any atom is 0.288 e. The fourth-order valence-electron chi connectivity index (χ4n) is 2.47. The molecule has 0 aliphatic carbocycles. The average Bonchev–Trinajstić information content (AvgIpc) is 2.85. The van der Waals surface area contributed by atoms with Gasteiger partial charge in [0.2, 0.25) is 0 Å². The van der Waals surface area contributed by atoms with E-state index in [1.54, 1.807) is 12.1 Å². The van der Waals surface area contributed by atoms with E-state index < -0.39 is 4.92 Å². The Bertz CT molecular complexity index is 988. The lowest BCUT2D eigenvalue weighted by atomic mass is 10.1. The molecule has 0 spiro atoms. The Kier molecular flexibility index (Phi) is 5.13. The molecule has 5 nitrogen and oxygen atoms in total. The molecule has 1 fully saturated rings. The van der Waals surface area contributed by atoms with Gasteiger partial charge in [-0.3, -0.25) is 19.8 Å². The highest BCUT2D eigenvalue weighted by Gasteiger charge is 2.33. The van der Waals surface area contributed by atoms with Crippen molar-refractivity contribution in [3.8, 4) is 0 Å². The van der Waals surface area contributed by atoms with Gasteiger partial charge in [0, 0.05) is 6.07 Å². The molecule has 1 amide bonds. The maximum absolute atomic E-state index is 12.8. The highest BCUT2D eigenvalue weighted by atomic mass is 35.5. The van der Waals surface area contributed by atoms with Gasteiger partial charge in [0.05, 0.1) is 15.5 Å². The van der Waals surface area contributed by atoms with Crippen LogP contribution in [0.1, 0.15) is 16.7 Å². The van der Waals surface area contributed by atoms with E-state index in [0.29, 0.717) is 20.5 Å². The van der Waals surface area contributed by atoms with Gasteiger partial charge in [-0.1, -0.05) is 47.7 Å². The quantitative estimate of drug-likeness (QED) is 0.302. The molecule has 0 atom stereocenters. The first kappa shape index (κ1) is 18.6. The van der Waals surface area contributed by atoms with Crippen molar-refractivity contribution in [2.75, 3.05) is 4.90 Å². The van der Waals surface area contributed by atoms with Crippen LogP contribution in [0, 0.1) is 24.0 Å². The summed E-state index contributed by atoms with van der Waals surface area (Å²) >= 11 is 12.3. The van der Waals surface area contributed by atoms with Crippen LogP contribution in [-0.2, 0) is 4.79 Å². The van der Waals surface area contributed by atoms with Gasteiger partial charge < -0.3 is 0 Å². The minimum Gasteiger partial charge on any atom is -0.268 e. The first-order valence-electron chi connectivity index (χ1n) is 7.57. The number of carbonyl (C=O) groups is 1. The molecule has 1 aliphatic rings. The number of aryl methyl sites for hydroxylation is 2. The smallest absolute Gasteiger partial charge is 0.268 e. The average molecular weight is 405 g/mol. The third kappa shape index (κ3) is 3.51. The van der Waals surface area contributed by atoms with Crippen molar-refractivity contribution in [1.82, 2.24) is 0 Å². The number of nitrogens with zero attached hydrogens (tertiary/aromatic N) is 2. The summed E-state index contributed by atoms with van der Waals surface area (Å²) in [7, 11) is 0. The predicted octanol–water partition coefficient (Wildman–Crippen LogP) is 5.27. The number of hydrogen-bond donors (Lipinski definition) is 0. The lowest BCUT2D eigenvalue weighted by Gasteiger charge is -2.15. The van der Waals surface area contributed by atoms with Crippen molar-refractivity contribution in [2.24, 2.45) is 0 Å². The van der Waals surface area contributed by atoms with Crippen molar-refractivity contribution in [2.45, 2.75) is 13.8 Å². The monoisotopic (exact) mass is 404 g/mol. The molecule has 0 bridgehead atoms. The minimum absolute atomic E-state index is 0.0508. The maximum atomic E-state index is 12.8. The zero-order valence-electron chi connectivity index (χ0n) is 13.9. The minimum atomic E-state index is -0.556. The Morgan fingerprint density at radius 2 is 1.92 bits per heavy atom. The largest absolute Gasteiger partial charge is 0.288 e. The Labute approximate surface area is 164 Å². The number of anilines is 1. The van der Waals surface area contributed by atoms with Crippen LogP contribution in [0.2, 0.25) is 5.02 Å². The van der Waals surface area contributed by atoms with Gasteiger partial charge in [-0.25, -0.2) is 0 Å². The van der Waals surface area contributed by atoms with Gasteiger partial charge in [0.1, 0.15) is 5.02 Å². The van der Waals surface area contributed by atoms with Crippen molar-refractivity contribution in [1.29, 1.82) is 0 Å². The number of halogens is 1. The zero-order valence-corrected chi connectivity index (χ0v) is 16.2. The summed E-state index contributed by atoms with van der Waals surface area (Å²) in [6.07, 6.45) is 1.59. The van der Waals surface area contributed by atoms with E-state index >= 15 is 0 Å². The summed E-state index contributed by atoms with van der Waals surface area (Å²) in [5.74, 6) is -0.249. The van der Waals surface area contributed by atoms with Gasteiger partial charge in [0.25, 0.3) is 11.6 Å². The second kappa shape index (κ2) is 7.19. The lowest BCUT2D eigenvalue weighted by molar-refractivity contribution is -0.384. The van der Waals surface area contributed by atoms with Crippen molar-refractivity contribution < 1.29 is 9.72 Å². The first-order valence-corrected chi connectivity index (χ1v) is 9.17. The van der Waals surface area contributed by atoms with Gasteiger partial charge in [-0.05, 0) is 54.8 Å². The Balaban J connectivity index is 1.96. The Morgan fingerprint density at radius 3 is 2.58 bits per heavy atom. The second-order valence-corrected chi connectivity index (χ2v) is 7.84. The van der Waals surface area contributed by atoms with E-state index in [2.05, 4.69) is 0 Å². The predicted molar refractivity (Wildman–Crippen MR) is 110 cm³/mol. The summed E-state index contributed by atoms with van der Waals surface area (Å²) in [6.45, 7) is 3.97. The molecule has 8 heteroatoms. The molecule has 0 saturated carbocycles. The number of hydrogen-bond acceptors (Lipinski definition) is 5. The molecule has 1 aliphatic heterocycles. The SMILES string of the molecule is Cc1ccc(N2C(=O)/C(=C\c3ccc(Cl)c([N+](=O)[O-])c3)SC2=S)cc1C. The first-order chi connectivity index (χ1) is 12.3. The Morgan fingerprint density at radius 1 is 1.19 bits per heavy atom. The van der Waals surface area contributed by atoms with E-state index in [0.717, 1.165) is 11.1 Å². The fourth-order valence-corrected chi connectivity index (χ4v) is 3.95. The van der Waals surface area contributed by atoms with Crippen LogP contribution in [0.4, 0.5) is 11.4 Å². The van der Waals surface area contributed by atoms with Crippen LogP contribution in [0.25, 0.3) is 6.08 Å². The topological polar surface area (TPSA) is 63.5 Å². The van der Waals surface area contributed by atoms with Crippen LogP contribution >= 0.6 is 35.6 Å². The highest BCUT2D eigenvalue weighted by molar-refractivity contribution is 8.27. The molecular weight excluding hydrogens is 392 g/mol. The summed E-state index contributed by atoms with van der Waals surface area (Å²) in [5, 5.41) is 11.1. The molecule has 3 rings (SSSR count). The Hall–Kier alpha value is -2.22. The lowest BCUT2D eigenvalue weighted by Crippen LogP contribution is -2.27. The summed E-state index contributed by atoms with van der Waals surface area (Å²) in [4.78, 5) is 25.1. The molecule has 2 aromatic rings. The van der Waals surface area contributed by atoms with Crippen molar-refractivity contribution in [3.63, 3.8) is 0 Å². The van der Waals surface area contributed by atoms with Crippen LogP contribution in [0.15, 0.2) is 41.3 Å². The molecule has 132 valence electrons. The number of benzene rings is 2. The third-order valence-corrected chi connectivity index (χ3v) is 5.63. The molecule has 1 heterocycles. The van der Waals surface area contributed by atoms with Crippen LogP contribution in [0.3, 0.4) is 0 Å². The fraction of sp³-hybridized carbons (Fsp3) is 0.111. The summed E-state index contributed by atoms with van der Waals surface area (Å²) in [6, 6.07) is 10.1. The molecule has 0 radical (unpaired) electrons. The van der Waals surface area contributed by atoms with Crippen molar-refractivity contribution in [3.05, 3.63) is 73.1 Å². The van der Waals surface area contributed by atoms with Gasteiger partial charge >= 0.3 is 0 Å². The number of rotatable bonds is 3. The van der Waals surface area contributed by atoms with E-state index in [9.17, 15) is 14.9 Å². The second-order valence-electron chi connectivity index (χ2n) is 5.75. The molecule has 0 N–H and O–H groups in total. The number of thioether (sulfide) groups is 1. The number of nitro groups is 1. The number of carbonyl (C=O) groups excluding carboxylic acids is 1. The normalized spacial score (nSPS) is 15.8. The molecule has 0 aromatic heterocycles. The molecular formula is C18H13ClN2O3S2. The number of amides is 1. The number of thiocarbonyl (C=S) groups is 1. The third-order valence-electron chi connectivity index (χ3n) is 4.01. The summed E-state index contributed by atoms with van der Waals surface area (Å²) < 4.78 is 0.424. The van der Waals surface area contributed by atoms with E-state index in [1.807, 2.05) is 32.0 Å². The van der Waals surface area contributed by atoms with Gasteiger partial charge in [-0.2, -0.15) is 0 Å². The molecule has 0 unspecified atom stereocenters. The van der Waals surface area contributed by atoms with E-state index in [1.165, 1.54) is 28.8 Å². The van der Waals surface area contributed by atoms with Gasteiger partial charge in [0.15, 0.2) is 4.32 Å². The number of nitro benzene ring substituents is 1. The zero-order chi connectivity index (χ0) is 19.0. The van der Waals surface area contributed by atoms with Crippen LogP contribution in [-0.4, -0.2) is 15.2 Å². The van der Waals surface area contributed by atoms with Crippen LogP contribution < -0.4 is 4.90 Å².